The van der Waals surface area contributed by atoms with Gasteiger partial charge < -0.3 is 10.2 Å². The average Bonchev–Trinajstić information content (AvgIpc) is 2.39. The summed E-state index contributed by atoms with van der Waals surface area (Å²) >= 11 is 0. The predicted molar refractivity (Wildman–Crippen MR) is 81.2 cm³/mol. The summed E-state index contributed by atoms with van der Waals surface area (Å²) in [7, 11) is 0. The van der Waals surface area contributed by atoms with Crippen molar-refractivity contribution >= 4 is 11.8 Å². The van der Waals surface area contributed by atoms with E-state index in [2.05, 4.69) is 26.1 Å². The summed E-state index contributed by atoms with van der Waals surface area (Å²) < 4.78 is 0. The molecule has 1 N–H and O–H groups in total. The summed E-state index contributed by atoms with van der Waals surface area (Å²) in [5.41, 5.74) is 0. The third-order valence-electron chi connectivity index (χ3n) is 4.18. The number of amides is 2. The Balaban J connectivity index is 2.66. The molecule has 4 nitrogen and oxygen atoms in total. The van der Waals surface area contributed by atoms with E-state index in [1.807, 2.05) is 18.7 Å². The van der Waals surface area contributed by atoms with Crippen LogP contribution < -0.4 is 5.32 Å². The van der Waals surface area contributed by atoms with Crippen molar-refractivity contribution in [1.29, 1.82) is 0 Å². The first-order valence-electron chi connectivity index (χ1n) is 7.98. The molecule has 0 aromatic carbocycles. The van der Waals surface area contributed by atoms with Crippen LogP contribution in [0.3, 0.4) is 0 Å². The molecule has 0 aromatic heterocycles. The highest BCUT2D eigenvalue weighted by Gasteiger charge is 2.31. The molecular weight excluding hydrogens is 252 g/mol. The topological polar surface area (TPSA) is 49.4 Å². The van der Waals surface area contributed by atoms with Gasteiger partial charge in [0, 0.05) is 31.0 Å². The van der Waals surface area contributed by atoms with Crippen LogP contribution in [0.15, 0.2) is 0 Å². The quantitative estimate of drug-likeness (QED) is 0.842. The van der Waals surface area contributed by atoms with Gasteiger partial charge in [-0.05, 0) is 25.2 Å². The summed E-state index contributed by atoms with van der Waals surface area (Å²) in [5, 5.41) is 3.08. The molecular formula is C16H30N2O2. The van der Waals surface area contributed by atoms with E-state index in [0.717, 1.165) is 25.8 Å². The van der Waals surface area contributed by atoms with Crippen LogP contribution in [0.5, 0.6) is 0 Å². The van der Waals surface area contributed by atoms with Crippen LogP contribution in [0.25, 0.3) is 0 Å². The van der Waals surface area contributed by atoms with Gasteiger partial charge in [0.25, 0.3) is 0 Å². The minimum Gasteiger partial charge on any atom is -0.351 e. The van der Waals surface area contributed by atoms with Gasteiger partial charge in [-0.3, -0.25) is 9.59 Å². The lowest BCUT2D eigenvalue weighted by molar-refractivity contribution is -0.139. The Bertz CT molecular complexity index is 337. The maximum Gasteiger partial charge on any atom is 0.225 e. The molecule has 0 aliphatic carbocycles. The molecule has 1 heterocycles. The molecule has 2 amide bonds. The lowest BCUT2D eigenvalue weighted by Crippen LogP contribution is -2.53. The molecule has 1 saturated heterocycles. The number of rotatable bonds is 5. The largest absolute Gasteiger partial charge is 0.351 e. The second-order valence-electron chi connectivity index (χ2n) is 6.46. The first kappa shape index (κ1) is 17.0. The second kappa shape index (κ2) is 7.65. The van der Waals surface area contributed by atoms with E-state index in [9.17, 15) is 9.59 Å². The zero-order chi connectivity index (χ0) is 15.3. The summed E-state index contributed by atoms with van der Waals surface area (Å²) in [6.45, 7) is 11.6. The van der Waals surface area contributed by atoms with Crippen molar-refractivity contribution in [3.63, 3.8) is 0 Å². The smallest absolute Gasteiger partial charge is 0.225 e. The highest BCUT2D eigenvalue weighted by Crippen LogP contribution is 2.21. The summed E-state index contributed by atoms with van der Waals surface area (Å²) in [4.78, 5) is 26.3. The molecule has 0 saturated carbocycles. The van der Waals surface area contributed by atoms with Gasteiger partial charge in [-0.25, -0.2) is 0 Å². The minimum absolute atomic E-state index is 0.00424. The standard InChI is InChI=1S/C16H30N2O2/c1-6-13(7-2)16(20)18-9-12(5)8-14(10-18)17-15(19)11(3)4/h11-14H,6-10H2,1-5H3,(H,17,19). The van der Waals surface area contributed by atoms with Crippen LogP contribution in [0, 0.1) is 17.8 Å². The summed E-state index contributed by atoms with van der Waals surface area (Å²) in [5.74, 6) is 0.904. The van der Waals surface area contributed by atoms with E-state index in [1.54, 1.807) is 0 Å². The molecule has 0 aromatic rings. The molecule has 1 aliphatic rings. The SMILES string of the molecule is CCC(CC)C(=O)N1CC(C)CC(NC(=O)C(C)C)C1. The number of piperidine rings is 1. The molecule has 116 valence electrons. The van der Waals surface area contributed by atoms with E-state index in [4.69, 9.17) is 0 Å². The van der Waals surface area contributed by atoms with Crippen molar-refractivity contribution in [2.45, 2.75) is 59.9 Å². The van der Waals surface area contributed by atoms with Crippen LogP contribution in [0.2, 0.25) is 0 Å². The summed E-state index contributed by atoms with van der Waals surface area (Å²) in [6, 6.07) is 0.104. The zero-order valence-electron chi connectivity index (χ0n) is 13.6. The number of nitrogens with one attached hydrogen (secondary N) is 1. The number of likely N-dealkylation sites (tertiary alicyclic amines) is 1. The van der Waals surface area contributed by atoms with E-state index >= 15 is 0 Å². The highest BCUT2D eigenvalue weighted by atomic mass is 16.2. The lowest BCUT2D eigenvalue weighted by atomic mass is 9.93. The van der Waals surface area contributed by atoms with Crippen molar-refractivity contribution in [1.82, 2.24) is 10.2 Å². The van der Waals surface area contributed by atoms with E-state index < -0.39 is 0 Å². The number of carbonyl (C=O) groups is 2. The zero-order valence-corrected chi connectivity index (χ0v) is 13.6. The molecule has 20 heavy (non-hydrogen) atoms. The van der Waals surface area contributed by atoms with Gasteiger partial charge in [0.15, 0.2) is 0 Å². The van der Waals surface area contributed by atoms with Crippen LogP contribution in [0.1, 0.15) is 53.9 Å². The van der Waals surface area contributed by atoms with Gasteiger partial charge in [-0.15, -0.1) is 0 Å². The molecule has 0 bridgehead atoms. The van der Waals surface area contributed by atoms with Crippen LogP contribution in [-0.2, 0) is 9.59 Å². The number of carbonyl (C=O) groups excluding carboxylic acids is 2. The van der Waals surface area contributed by atoms with Crippen molar-refractivity contribution < 1.29 is 9.59 Å². The number of nitrogens with zero attached hydrogens (tertiary/aromatic N) is 1. The fraction of sp³-hybridized carbons (Fsp3) is 0.875. The summed E-state index contributed by atoms with van der Waals surface area (Å²) in [6.07, 6.45) is 2.75. The lowest BCUT2D eigenvalue weighted by Gasteiger charge is -2.38. The Hall–Kier alpha value is -1.06. The first-order valence-corrected chi connectivity index (χ1v) is 7.98. The fourth-order valence-electron chi connectivity index (χ4n) is 2.90. The van der Waals surface area contributed by atoms with Crippen LogP contribution >= 0.6 is 0 Å². The second-order valence-corrected chi connectivity index (χ2v) is 6.46. The van der Waals surface area contributed by atoms with Crippen molar-refractivity contribution in [2.75, 3.05) is 13.1 Å². The van der Waals surface area contributed by atoms with E-state index in [1.165, 1.54) is 0 Å². The first-order chi connectivity index (χ1) is 9.38. The Morgan fingerprint density at radius 2 is 1.80 bits per heavy atom. The Kier molecular flexibility index (Phi) is 6.50. The fourth-order valence-corrected chi connectivity index (χ4v) is 2.90. The third-order valence-corrected chi connectivity index (χ3v) is 4.18. The van der Waals surface area contributed by atoms with Crippen molar-refractivity contribution in [3.05, 3.63) is 0 Å². The molecule has 1 fully saturated rings. The monoisotopic (exact) mass is 282 g/mol. The van der Waals surface area contributed by atoms with E-state index in [0.29, 0.717) is 12.5 Å². The van der Waals surface area contributed by atoms with Gasteiger partial charge in [0.1, 0.15) is 0 Å². The minimum atomic E-state index is -0.00424. The van der Waals surface area contributed by atoms with E-state index in [-0.39, 0.29) is 29.7 Å². The molecule has 1 rings (SSSR count). The predicted octanol–water partition coefficient (Wildman–Crippen LogP) is 2.43. The van der Waals surface area contributed by atoms with Crippen LogP contribution in [-0.4, -0.2) is 35.8 Å². The van der Waals surface area contributed by atoms with Gasteiger partial charge in [-0.2, -0.15) is 0 Å². The number of hydrogen-bond donors (Lipinski definition) is 1. The van der Waals surface area contributed by atoms with Crippen molar-refractivity contribution in [3.8, 4) is 0 Å². The molecule has 0 spiro atoms. The van der Waals surface area contributed by atoms with Gasteiger partial charge in [0.2, 0.25) is 11.8 Å². The maximum absolute atomic E-state index is 12.5. The number of hydrogen-bond acceptors (Lipinski definition) is 2. The van der Waals surface area contributed by atoms with Gasteiger partial charge >= 0.3 is 0 Å². The Morgan fingerprint density at radius 3 is 2.30 bits per heavy atom. The van der Waals surface area contributed by atoms with Crippen molar-refractivity contribution in [2.24, 2.45) is 17.8 Å². The highest BCUT2D eigenvalue weighted by molar-refractivity contribution is 5.80. The molecule has 2 unspecified atom stereocenters. The average molecular weight is 282 g/mol. The normalized spacial score (nSPS) is 23.2. The Labute approximate surface area is 123 Å². The van der Waals surface area contributed by atoms with Gasteiger partial charge in [-0.1, -0.05) is 34.6 Å². The molecule has 4 heteroatoms. The molecule has 0 radical (unpaired) electrons. The Morgan fingerprint density at radius 1 is 1.20 bits per heavy atom. The molecule has 1 aliphatic heterocycles. The third kappa shape index (κ3) is 4.50. The van der Waals surface area contributed by atoms with Crippen LogP contribution in [0.4, 0.5) is 0 Å². The van der Waals surface area contributed by atoms with Gasteiger partial charge in [0.05, 0.1) is 0 Å². The molecule has 2 atom stereocenters. The maximum atomic E-state index is 12.5.